The molecule has 0 unspecified atom stereocenters. The summed E-state index contributed by atoms with van der Waals surface area (Å²) in [4.78, 5) is 4.26. The first-order valence-corrected chi connectivity index (χ1v) is 8.86. The Bertz CT molecular complexity index is 808. The second-order valence-corrected chi connectivity index (χ2v) is 6.54. The molecule has 0 amide bonds. The Balaban J connectivity index is 1.47. The molecule has 0 bridgehead atoms. The van der Waals surface area contributed by atoms with Gasteiger partial charge in [-0.3, -0.25) is 4.57 Å². The number of aryl methyl sites for hydroxylation is 1. The number of rotatable bonds is 4. The van der Waals surface area contributed by atoms with Crippen molar-refractivity contribution in [2.45, 2.75) is 44.6 Å². The van der Waals surface area contributed by atoms with Gasteiger partial charge in [-0.15, -0.1) is 10.2 Å². The Kier molecular flexibility index (Phi) is 4.46. The molecule has 4 rings (SSSR count). The molecule has 5 heteroatoms. The molecule has 1 aliphatic carbocycles. The number of aromatic nitrogens is 4. The van der Waals surface area contributed by atoms with Gasteiger partial charge in [-0.1, -0.05) is 24.3 Å². The second-order valence-electron chi connectivity index (χ2n) is 6.54. The van der Waals surface area contributed by atoms with Crippen molar-refractivity contribution in [3.63, 3.8) is 0 Å². The topological polar surface area (TPSA) is 52.8 Å². The summed E-state index contributed by atoms with van der Waals surface area (Å²) in [6.45, 7) is 2.01. The molecule has 128 valence electrons. The Morgan fingerprint density at radius 1 is 0.920 bits per heavy atom. The third kappa shape index (κ3) is 3.40. The maximum atomic E-state index is 6.01. The molecule has 2 aromatic heterocycles. The molecule has 5 nitrogen and oxygen atoms in total. The standard InChI is InChI=1S/C20H22N4O/c1-15-22-23-20(24(15)17-7-3-2-4-8-17)16-10-12-18(13-11-16)25-19-9-5-6-14-21-19/h2-9,14,16,18H,10-13H2,1H3/t16-,18-. The lowest BCUT2D eigenvalue weighted by Gasteiger charge is -2.28. The molecule has 3 aromatic rings. The lowest BCUT2D eigenvalue weighted by atomic mass is 9.86. The highest BCUT2D eigenvalue weighted by Crippen LogP contribution is 2.34. The van der Waals surface area contributed by atoms with Crippen LogP contribution in [-0.4, -0.2) is 25.9 Å². The van der Waals surface area contributed by atoms with Gasteiger partial charge in [0.05, 0.1) is 0 Å². The minimum absolute atomic E-state index is 0.236. The van der Waals surface area contributed by atoms with Crippen LogP contribution < -0.4 is 4.74 Å². The summed E-state index contributed by atoms with van der Waals surface area (Å²) in [7, 11) is 0. The SMILES string of the molecule is Cc1nnc([C@H]2CC[C@H](Oc3ccccn3)CC2)n1-c1ccccc1. The van der Waals surface area contributed by atoms with Crippen LogP contribution >= 0.6 is 0 Å². The van der Waals surface area contributed by atoms with Gasteiger partial charge in [0.1, 0.15) is 17.8 Å². The molecule has 0 N–H and O–H groups in total. The van der Waals surface area contributed by atoms with Crippen molar-refractivity contribution < 1.29 is 4.74 Å². The van der Waals surface area contributed by atoms with E-state index in [4.69, 9.17) is 4.74 Å². The minimum atomic E-state index is 0.236. The first-order chi connectivity index (χ1) is 12.3. The molecule has 0 atom stereocenters. The van der Waals surface area contributed by atoms with E-state index < -0.39 is 0 Å². The number of hydrogen-bond donors (Lipinski definition) is 0. The fourth-order valence-electron chi connectivity index (χ4n) is 3.57. The van der Waals surface area contributed by atoms with Crippen LogP contribution in [0.4, 0.5) is 0 Å². The van der Waals surface area contributed by atoms with E-state index in [0.29, 0.717) is 11.8 Å². The first kappa shape index (κ1) is 15.8. The Hall–Kier alpha value is -2.69. The van der Waals surface area contributed by atoms with E-state index in [2.05, 4.69) is 44.0 Å². The van der Waals surface area contributed by atoms with E-state index >= 15 is 0 Å². The molecular formula is C20H22N4O. The second kappa shape index (κ2) is 7.05. The van der Waals surface area contributed by atoms with Crippen molar-refractivity contribution in [2.24, 2.45) is 0 Å². The van der Waals surface area contributed by atoms with Crippen LogP contribution in [0.5, 0.6) is 5.88 Å². The highest BCUT2D eigenvalue weighted by Gasteiger charge is 2.28. The summed E-state index contributed by atoms with van der Waals surface area (Å²) in [6.07, 6.45) is 6.15. The molecule has 1 fully saturated rings. The smallest absolute Gasteiger partial charge is 0.213 e. The Labute approximate surface area is 147 Å². The zero-order valence-corrected chi connectivity index (χ0v) is 14.4. The van der Waals surface area contributed by atoms with Gasteiger partial charge in [0, 0.05) is 23.9 Å². The van der Waals surface area contributed by atoms with Gasteiger partial charge >= 0.3 is 0 Å². The monoisotopic (exact) mass is 334 g/mol. The summed E-state index contributed by atoms with van der Waals surface area (Å²) >= 11 is 0. The number of nitrogens with zero attached hydrogens (tertiary/aromatic N) is 4. The van der Waals surface area contributed by atoms with Crippen molar-refractivity contribution >= 4 is 0 Å². The van der Waals surface area contributed by atoms with E-state index in [1.54, 1.807) is 6.20 Å². The summed E-state index contributed by atoms with van der Waals surface area (Å²) in [6, 6.07) is 16.1. The first-order valence-electron chi connectivity index (χ1n) is 8.86. The van der Waals surface area contributed by atoms with Gasteiger partial charge in [0.25, 0.3) is 0 Å². The molecule has 0 aliphatic heterocycles. The Morgan fingerprint density at radius 3 is 2.40 bits per heavy atom. The molecule has 1 aromatic carbocycles. The van der Waals surface area contributed by atoms with Crippen molar-refractivity contribution in [2.75, 3.05) is 0 Å². The summed E-state index contributed by atoms with van der Waals surface area (Å²) in [5, 5.41) is 8.81. The lowest BCUT2D eigenvalue weighted by Crippen LogP contribution is -2.25. The number of para-hydroxylation sites is 1. The molecule has 2 heterocycles. The summed E-state index contributed by atoms with van der Waals surface area (Å²) in [5.41, 5.74) is 1.13. The van der Waals surface area contributed by atoms with Gasteiger partial charge in [0.15, 0.2) is 0 Å². The van der Waals surface area contributed by atoms with Crippen LogP contribution in [0.1, 0.15) is 43.3 Å². The van der Waals surface area contributed by atoms with Crippen molar-refractivity contribution in [1.82, 2.24) is 19.7 Å². The normalized spacial score (nSPS) is 20.4. The summed E-state index contributed by atoms with van der Waals surface area (Å²) in [5.74, 6) is 3.15. The van der Waals surface area contributed by atoms with E-state index in [-0.39, 0.29) is 6.10 Å². The van der Waals surface area contributed by atoms with Crippen molar-refractivity contribution in [1.29, 1.82) is 0 Å². The van der Waals surface area contributed by atoms with E-state index in [1.807, 2.05) is 31.2 Å². The molecule has 0 saturated heterocycles. The third-order valence-electron chi connectivity index (χ3n) is 4.83. The quantitative estimate of drug-likeness (QED) is 0.721. The fraction of sp³-hybridized carbons (Fsp3) is 0.350. The van der Waals surface area contributed by atoms with Gasteiger partial charge in [-0.05, 0) is 50.8 Å². The van der Waals surface area contributed by atoms with Crippen LogP contribution in [0.25, 0.3) is 5.69 Å². The zero-order chi connectivity index (χ0) is 17.1. The number of pyridine rings is 1. The van der Waals surface area contributed by atoms with Gasteiger partial charge in [0.2, 0.25) is 5.88 Å². The maximum absolute atomic E-state index is 6.01. The fourth-order valence-corrected chi connectivity index (χ4v) is 3.57. The Morgan fingerprint density at radius 2 is 1.68 bits per heavy atom. The molecule has 1 saturated carbocycles. The highest BCUT2D eigenvalue weighted by atomic mass is 16.5. The largest absolute Gasteiger partial charge is 0.474 e. The highest BCUT2D eigenvalue weighted by molar-refractivity contribution is 5.34. The van der Waals surface area contributed by atoms with Crippen LogP contribution in [0.3, 0.4) is 0 Å². The average molecular weight is 334 g/mol. The van der Waals surface area contributed by atoms with E-state index in [0.717, 1.165) is 43.0 Å². The molecule has 1 aliphatic rings. The minimum Gasteiger partial charge on any atom is -0.474 e. The predicted molar refractivity (Wildman–Crippen MR) is 96.0 cm³/mol. The summed E-state index contributed by atoms with van der Waals surface area (Å²) < 4.78 is 8.19. The van der Waals surface area contributed by atoms with Crippen molar-refractivity contribution in [3.05, 3.63) is 66.4 Å². The maximum Gasteiger partial charge on any atom is 0.213 e. The van der Waals surface area contributed by atoms with Gasteiger partial charge in [-0.25, -0.2) is 4.98 Å². The third-order valence-corrected chi connectivity index (χ3v) is 4.83. The number of hydrogen-bond acceptors (Lipinski definition) is 4. The number of ether oxygens (including phenoxy) is 1. The van der Waals surface area contributed by atoms with Crippen LogP contribution in [0.2, 0.25) is 0 Å². The van der Waals surface area contributed by atoms with E-state index in [9.17, 15) is 0 Å². The average Bonchev–Trinajstić information content (AvgIpc) is 3.05. The van der Waals surface area contributed by atoms with Crippen LogP contribution in [0, 0.1) is 6.92 Å². The van der Waals surface area contributed by atoms with Crippen LogP contribution in [-0.2, 0) is 0 Å². The predicted octanol–water partition coefficient (Wildman–Crippen LogP) is 4.08. The van der Waals surface area contributed by atoms with Gasteiger partial charge in [-0.2, -0.15) is 0 Å². The van der Waals surface area contributed by atoms with Gasteiger partial charge < -0.3 is 4.74 Å². The lowest BCUT2D eigenvalue weighted by molar-refractivity contribution is 0.139. The van der Waals surface area contributed by atoms with E-state index in [1.165, 1.54) is 0 Å². The molecule has 0 spiro atoms. The van der Waals surface area contributed by atoms with Crippen LogP contribution in [0.15, 0.2) is 54.7 Å². The molecule has 25 heavy (non-hydrogen) atoms. The number of benzene rings is 1. The molecular weight excluding hydrogens is 312 g/mol. The zero-order valence-electron chi connectivity index (χ0n) is 14.4. The van der Waals surface area contributed by atoms with Crippen molar-refractivity contribution in [3.8, 4) is 11.6 Å². The molecule has 0 radical (unpaired) electrons.